The Morgan fingerprint density at radius 1 is 1.00 bits per heavy atom. The fourth-order valence-corrected chi connectivity index (χ4v) is 3.82. The molecular formula is C22H24N6O2. The lowest BCUT2D eigenvalue weighted by Gasteiger charge is -2.25. The summed E-state index contributed by atoms with van der Waals surface area (Å²) >= 11 is 0. The van der Waals surface area contributed by atoms with Gasteiger partial charge in [-0.15, -0.1) is 0 Å². The average Bonchev–Trinajstić information content (AvgIpc) is 2.79. The molecule has 1 fully saturated rings. The lowest BCUT2D eigenvalue weighted by atomic mass is 9.95. The monoisotopic (exact) mass is 404 g/mol. The molecule has 0 radical (unpaired) electrons. The van der Waals surface area contributed by atoms with Crippen LogP contribution in [0.5, 0.6) is 0 Å². The van der Waals surface area contributed by atoms with E-state index in [1.807, 2.05) is 48.5 Å². The number of rotatable bonds is 7. The molecule has 30 heavy (non-hydrogen) atoms. The first-order valence-electron chi connectivity index (χ1n) is 10.2. The molecule has 0 amide bonds. The van der Waals surface area contributed by atoms with Gasteiger partial charge in [0.05, 0.1) is 11.5 Å². The van der Waals surface area contributed by atoms with Gasteiger partial charge in [-0.25, -0.2) is 15.0 Å². The van der Waals surface area contributed by atoms with Crippen molar-refractivity contribution in [2.75, 3.05) is 10.2 Å². The number of hydrogen-bond donors (Lipinski definition) is 1. The van der Waals surface area contributed by atoms with E-state index >= 15 is 0 Å². The number of hydrogen-bond acceptors (Lipinski definition) is 7. The molecule has 1 aromatic carbocycles. The van der Waals surface area contributed by atoms with Crippen LogP contribution in [0.1, 0.15) is 37.7 Å². The van der Waals surface area contributed by atoms with Gasteiger partial charge in [0.25, 0.3) is 0 Å². The Labute approximate surface area is 175 Å². The number of benzene rings is 1. The molecule has 2 heterocycles. The normalized spacial score (nSPS) is 14.3. The Morgan fingerprint density at radius 2 is 1.77 bits per heavy atom. The van der Waals surface area contributed by atoms with E-state index in [9.17, 15) is 10.1 Å². The predicted octanol–water partition coefficient (Wildman–Crippen LogP) is 4.86. The Bertz CT molecular complexity index is 977. The second-order valence-corrected chi connectivity index (χ2v) is 7.39. The van der Waals surface area contributed by atoms with Crippen molar-refractivity contribution in [2.24, 2.45) is 0 Å². The summed E-state index contributed by atoms with van der Waals surface area (Å²) in [6.07, 6.45) is 8.49. The minimum Gasteiger partial charge on any atom is -0.361 e. The van der Waals surface area contributed by atoms with Crippen LogP contribution in [0.4, 0.5) is 23.1 Å². The fraction of sp³-hybridized carbons (Fsp3) is 0.318. The molecule has 154 valence electrons. The summed E-state index contributed by atoms with van der Waals surface area (Å²) in [5.74, 6) is 1.09. The molecule has 8 heteroatoms. The number of nitrogens with zero attached hydrogens (tertiary/aromatic N) is 5. The quantitative estimate of drug-likeness (QED) is 0.443. The number of nitro groups is 1. The highest BCUT2D eigenvalue weighted by Crippen LogP contribution is 2.37. The zero-order valence-electron chi connectivity index (χ0n) is 16.6. The van der Waals surface area contributed by atoms with E-state index in [4.69, 9.17) is 0 Å². The first-order chi connectivity index (χ1) is 14.7. The largest absolute Gasteiger partial charge is 0.361 e. The van der Waals surface area contributed by atoms with Crippen molar-refractivity contribution >= 4 is 23.1 Å². The molecule has 8 nitrogen and oxygen atoms in total. The highest BCUT2D eigenvalue weighted by Gasteiger charge is 2.30. The van der Waals surface area contributed by atoms with Gasteiger partial charge in [-0.2, -0.15) is 0 Å². The predicted molar refractivity (Wildman–Crippen MR) is 116 cm³/mol. The van der Waals surface area contributed by atoms with E-state index in [0.29, 0.717) is 12.4 Å². The SMILES string of the molecule is O=[N+]([O-])c1c(NC2CCCCC2)ncnc1N(Cc1ccccc1)c1ccccn1. The number of aromatic nitrogens is 3. The lowest BCUT2D eigenvalue weighted by Crippen LogP contribution is -2.25. The second kappa shape index (κ2) is 9.30. The Hall–Kier alpha value is -3.55. The maximum atomic E-state index is 12.1. The van der Waals surface area contributed by atoms with Crippen molar-refractivity contribution in [3.8, 4) is 0 Å². The van der Waals surface area contributed by atoms with E-state index < -0.39 is 4.92 Å². The molecule has 2 aromatic heterocycles. The Kier molecular flexibility index (Phi) is 6.12. The molecule has 1 saturated carbocycles. The first-order valence-corrected chi connectivity index (χ1v) is 10.2. The highest BCUT2D eigenvalue weighted by atomic mass is 16.6. The summed E-state index contributed by atoms with van der Waals surface area (Å²) < 4.78 is 0. The van der Waals surface area contributed by atoms with Crippen molar-refractivity contribution in [3.63, 3.8) is 0 Å². The lowest BCUT2D eigenvalue weighted by molar-refractivity contribution is -0.383. The van der Waals surface area contributed by atoms with Gasteiger partial charge in [0, 0.05) is 12.2 Å². The third-order valence-corrected chi connectivity index (χ3v) is 5.30. The van der Waals surface area contributed by atoms with Crippen LogP contribution in [0, 0.1) is 10.1 Å². The minimum absolute atomic E-state index is 0.121. The van der Waals surface area contributed by atoms with Crippen molar-refractivity contribution in [3.05, 3.63) is 76.7 Å². The van der Waals surface area contributed by atoms with Crippen LogP contribution >= 0.6 is 0 Å². The molecule has 1 aliphatic rings. The van der Waals surface area contributed by atoms with Crippen molar-refractivity contribution < 1.29 is 4.92 Å². The molecule has 1 N–H and O–H groups in total. The summed E-state index contributed by atoms with van der Waals surface area (Å²) in [6.45, 7) is 0.401. The molecule has 0 spiro atoms. The summed E-state index contributed by atoms with van der Waals surface area (Å²) in [5.41, 5.74) is 0.877. The van der Waals surface area contributed by atoms with Gasteiger partial charge in [-0.05, 0) is 30.5 Å². The maximum absolute atomic E-state index is 12.1. The van der Waals surface area contributed by atoms with E-state index in [1.165, 1.54) is 12.7 Å². The van der Waals surface area contributed by atoms with Crippen molar-refractivity contribution in [1.82, 2.24) is 15.0 Å². The third-order valence-electron chi connectivity index (χ3n) is 5.30. The van der Waals surface area contributed by atoms with Crippen LogP contribution in [0.25, 0.3) is 0 Å². The van der Waals surface area contributed by atoms with Crippen LogP contribution in [-0.4, -0.2) is 25.9 Å². The number of anilines is 3. The molecular weight excluding hydrogens is 380 g/mol. The van der Waals surface area contributed by atoms with Crippen LogP contribution in [0.15, 0.2) is 61.1 Å². The molecule has 4 rings (SSSR count). The zero-order chi connectivity index (χ0) is 20.8. The van der Waals surface area contributed by atoms with Crippen LogP contribution in [0.2, 0.25) is 0 Å². The average molecular weight is 404 g/mol. The van der Waals surface area contributed by atoms with Gasteiger partial charge in [0.15, 0.2) is 0 Å². The highest BCUT2D eigenvalue weighted by molar-refractivity contribution is 5.74. The molecule has 1 aliphatic carbocycles. The van der Waals surface area contributed by atoms with Crippen molar-refractivity contribution in [1.29, 1.82) is 0 Å². The van der Waals surface area contributed by atoms with Gasteiger partial charge < -0.3 is 10.2 Å². The molecule has 0 unspecified atom stereocenters. The summed E-state index contributed by atoms with van der Waals surface area (Å²) in [5, 5.41) is 15.4. The van der Waals surface area contributed by atoms with Crippen LogP contribution in [-0.2, 0) is 6.54 Å². The Balaban J connectivity index is 1.75. The van der Waals surface area contributed by atoms with Gasteiger partial charge >= 0.3 is 5.69 Å². The number of pyridine rings is 1. The van der Waals surface area contributed by atoms with E-state index in [2.05, 4.69) is 20.3 Å². The molecule has 0 aliphatic heterocycles. The second-order valence-electron chi connectivity index (χ2n) is 7.39. The molecule has 0 bridgehead atoms. The molecule has 0 atom stereocenters. The fourth-order valence-electron chi connectivity index (χ4n) is 3.82. The number of nitrogens with one attached hydrogen (secondary N) is 1. The van der Waals surface area contributed by atoms with E-state index in [0.717, 1.165) is 31.2 Å². The smallest absolute Gasteiger partial charge is 0.353 e. The van der Waals surface area contributed by atoms with Gasteiger partial charge in [-0.1, -0.05) is 55.7 Å². The molecule has 0 saturated heterocycles. The van der Waals surface area contributed by atoms with Crippen LogP contribution < -0.4 is 10.2 Å². The molecule has 3 aromatic rings. The van der Waals surface area contributed by atoms with Gasteiger partial charge in [-0.3, -0.25) is 10.1 Å². The Morgan fingerprint density at radius 3 is 2.47 bits per heavy atom. The summed E-state index contributed by atoms with van der Waals surface area (Å²) in [6, 6.07) is 15.5. The standard InChI is InChI=1S/C22H24N6O2/c29-28(30)20-21(26-18-11-5-2-6-12-18)24-16-25-22(20)27(19-13-7-8-14-23-19)15-17-9-3-1-4-10-17/h1,3-4,7-10,13-14,16,18H,2,5-6,11-12,15H2,(H,24,25,26). The maximum Gasteiger partial charge on any atom is 0.353 e. The first kappa shape index (κ1) is 19.8. The van der Waals surface area contributed by atoms with Crippen LogP contribution in [0.3, 0.4) is 0 Å². The van der Waals surface area contributed by atoms with Crippen molar-refractivity contribution in [2.45, 2.75) is 44.7 Å². The van der Waals surface area contributed by atoms with Gasteiger partial charge in [0.1, 0.15) is 12.1 Å². The third kappa shape index (κ3) is 4.53. The zero-order valence-corrected chi connectivity index (χ0v) is 16.6. The van der Waals surface area contributed by atoms with E-state index in [1.54, 1.807) is 11.1 Å². The summed E-state index contributed by atoms with van der Waals surface area (Å²) in [4.78, 5) is 26.4. The summed E-state index contributed by atoms with van der Waals surface area (Å²) in [7, 11) is 0. The van der Waals surface area contributed by atoms with E-state index in [-0.39, 0.29) is 23.4 Å². The minimum atomic E-state index is -0.401. The van der Waals surface area contributed by atoms with Gasteiger partial charge in [0.2, 0.25) is 11.6 Å². The topological polar surface area (TPSA) is 97.1 Å².